The summed E-state index contributed by atoms with van der Waals surface area (Å²) in [4.78, 5) is 13.1. The van der Waals surface area contributed by atoms with Crippen LogP contribution in [0.15, 0.2) is 29.4 Å². The normalized spacial score (nSPS) is 9.93. The molecule has 0 heterocycles. The third-order valence-corrected chi connectivity index (χ3v) is 1.75. The Morgan fingerprint density at radius 3 is 3.00 bits per heavy atom. The first-order valence-corrected chi connectivity index (χ1v) is 4.20. The van der Waals surface area contributed by atoms with Crippen LogP contribution in [0.5, 0.6) is 0 Å². The minimum atomic E-state index is -0.559. The van der Waals surface area contributed by atoms with E-state index in [0.717, 1.165) is 0 Å². The van der Waals surface area contributed by atoms with Crippen molar-refractivity contribution in [3.8, 4) is 0 Å². The van der Waals surface area contributed by atoms with Gasteiger partial charge in [0, 0.05) is 11.5 Å². The first kappa shape index (κ1) is 10.9. The van der Waals surface area contributed by atoms with Gasteiger partial charge in [-0.2, -0.15) is 0 Å². The molecule has 0 unspecified atom stereocenters. The maximum atomic E-state index is 13.1. The number of halogens is 1. The van der Waals surface area contributed by atoms with Crippen LogP contribution in [0, 0.1) is 5.82 Å². The minimum absolute atomic E-state index is 0.00897. The summed E-state index contributed by atoms with van der Waals surface area (Å²) in [5, 5.41) is 3.28. The Morgan fingerprint density at radius 2 is 2.33 bits per heavy atom. The van der Waals surface area contributed by atoms with Crippen LogP contribution in [0.1, 0.15) is 15.9 Å². The van der Waals surface area contributed by atoms with Crippen molar-refractivity contribution >= 4 is 12.4 Å². The molecular weight excluding hydrogens is 197 g/mol. The lowest BCUT2D eigenvalue weighted by Crippen LogP contribution is -1.91. The van der Waals surface area contributed by atoms with E-state index in [9.17, 15) is 9.18 Å². The predicted octanol–water partition coefficient (Wildman–Crippen LogP) is 2.96. The van der Waals surface area contributed by atoms with Gasteiger partial charge in [-0.1, -0.05) is 29.4 Å². The zero-order chi connectivity index (χ0) is 11.1. The van der Waals surface area contributed by atoms with E-state index in [4.69, 9.17) is 5.53 Å². The van der Waals surface area contributed by atoms with E-state index in [2.05, 4.69) is 10.0 Å². The lowest BCUT2D eigenvalue weighted by molar-refractivity contribution is 0.111. The van der Waals surface area contributed by atoms with Crippen molar-refractivity contribution < 1.29 is 9.18 Å². The van der Waals surface area contributed by atoms with Crippen LogP contribution < -0.4 is 0 Å². The average molecular weight is 205 g/mol. The third kappa shape index (κ3) is 2.93. The summed E-state index contributed by atoms with van der Waals surface area (Å²) in [7, 11) is 0. The molecule has 76 valence electrons. The highest BCUT2D eigenvalue weighted by Gasteiger charge is 2.03. The summed E-state index contributed by atoms with van der Waals surface area (Å²) in [5.41, 5.74) is 8.50. The van der Waals surface area contributed by atoms with E-state index >= 15 is 0 Å². The van der Waals surface area contributed by atoms with Crippen molar-refractivity contribution in [1.82, 2.24) is 0 Å². The van der Waals surface area contributed by atoms with E-state index in [-0.39, 0.29) is 12.1 Å². The molecule has 0 bridgehead atoms. The van der Waals surface area contributed by atoms with Gasteiger partial charge < -0.3 is 0 Å². The summed E-state index contributed by atoms with van der Waals surface area (Å²) in [6.07, 6.45) is 3.56. The van der Waals surface area contributed by atoms with Gasteiger partial charge in [0.15, 0.2) is 6.29 Å². The van der Waals surface area contributed by atoms with Crippen LogP contribution in [0.25, 0.3) is 16.5 Å². The molecule has 0 radical (unpaired) electrons. The first-order chi connectivity index (χ1) is 7.29. The molecule has 0 aromatic heterocycles. The van der Waals surface area contributed by atoms with Gasteiger partial charge in [0.1, 0.15) is 5.82 Å². The quantitative estimate of drug-likeness (QED) is 0.322. The van der Waals surface area contributed by atoms with Crippen molar-refractivity contribution in [3.63, 3.8) is 0 Å². The van der Waals surface area contributed by atoms with Gasteiger partial charge in [0.25, 0.3) is 0 Å². The Kier molecular flexibility index (Phi) is 4.06. The Bertz CT molecular complexity index is 436. The second-order valence-corrected chi connectivity index (χ2v) is 2.68. The van der Waals surface area contributed by atoms with Crippen molar-refractivity contribution in [1.29, 1.82) is 0 Å². The lowest BCUT2D eigenvalue weighted by Gasteiger charge is -1.98. The first-order valence-electron chi connectivity index (χ1n) is 4.20. The van der Waals surface area contributed by atoms with Gasteiger partial charge in [0.2, 0.25) is 0 Å². The Hall–Kier alpha value is -2.13. The average Bonchev–Trinajstić information content (AvgIpc) is 2.24. The molecule has 0 aliphatic carbocycles. The molecule has 0 fully saturated rings. The lowest BCUT2D eigenvalue weighted by atomic mass is 10.1. The second kappa shape index (κ2) is 5.57. The number of azide groups is 1. The molecule has 0 N–H and O–H groups in total. The standard InChI is InChI=1S/C10H8FN3O/c11-10-5-1-3-8(9(10)7-15)4-2-6-13-14-12/h1-5,7H,6H2. The van der Waals surface area contributed by atoms with Crippen LogP contribution in [0.3, 0.4) is 0 Å². The maximum absolute atomic E-state index is 13.1. The molecule has 1 aromatic rings. The van der Waals surface area contributed by atoms with Gasteiger partial charge >= 0.3 is 0 Å². The molecule has 0 saturated heterocycles. The summed E-state index contributed by atoms with van der Waals surface area (Å²) in [5.74, 6) is -0.559. The van der Waals surface area contributed by atoms with Gasteiger partial charge in [0.05, 0.1) is 5.56 Å². The van der Waals surface area contributed by atoms with E-state index in [1.54, 1.807) is 18.2 Å². The van der Waals surface area contributed by atoms with E-state index in [1.165, 1.54) is 12.1 Å². The summed E-state index contributed by atoms with van der Waals surface area (Å²) in [6.45, 7) is 0.172. The van der Waals surface area contributed by atoms with Crippen molar-refractivity contribution in [2.24, 2.45) is 5.11 Å². The number of hydrogen-bond acceptors (Lipinski definition) is 2. The zero-order valence-corrected chi connectivity index (χ0v) is 7.80. The zero-order valence-electron chi connectivity index (χ0n) is 7.80. The maximum Gasteiger partial charge on any atom is 0.153 e. The fourth-order valence-corrected chi connectivity index (χ4v) is 1.09. The van der Waals surface area contributed by atoms with Gasteiger partial charge in [-0.3, -0.25) is 4.79 Å². The Morgan fingerprint density at radius 1 is 1.53 bits per heavy atom. The molecule has 0 spiro atoms. The third-order valence-electron chi connectivity index (χ3n) is 1.75. The summed E-state index contributed by atoms with van der Waals surface area (Å²) in [6, 6.07) is 4.34. The van der Waals surface area contributed by atoms with Crippen LogP contribution in [-0.2, 0) is 0 Å². The molecule has 1 aromatic carbocycles. The molecular formula is C10H8FN3O. The number of carbonyl (C=O) groups excluding carboxylic acids is 1. The molecule has 0 atom stereocenters. The molecule has 4 nitrogen and oxygen atoms in total. The molecule has 0 aliphatic rings. The number of aldehydes is 1. The highest BCUT2D eigenvalue weighted by atomic mass is 19.1. The number of nitrogens with zero attached hydrogens (tertiary/aromatic N) is 3. The fourth-order valence-electron chi connectivity index (χ4n) is 1.09. The number of carbonyl (C=O) groups is 1. The molecule has 0 aliphatic heterocycles. The Balaban J connectivity index is 2.93. The summed E-state index contributed by atoms with van der Waals surface area (Å²) >= 11 is 0. The van der Waals surface area contributed by atoms with Crippen molar-refractivity contribution in [2.45, 2.75) is 0 Å². The predicted molar refractivity (Wildman–Crippen MR) is 54.8 cm³/mol. The van der Waals surface area contributed by atoms with Gasteiger partial charge in [-0.25, -0.2) is 4.39 Å². The smallest absolute Gasteiger partial charge is 0.153 e. The number of benzene rings is 1. The van der Waals surface area contributed by atoms with E-state index in [0.29, 0.717) is 11.8 Å². The van der Waals surface area contributed by atoms with E-state index < -0.39 is 5.82 Å². The monoisotopic (exact) mass is 205 g/mol. The van der Waals surface area contributed by atoms with Gasteiger partial charge in [-0.15, -0.1) is 0 Å². The molecule has 0 saturated carbocycles. The fraction of sp³-hybridized carbons (Fsp3) is 0.100. The molecule has 15 heavy (non-hydrogen) atoms. The van der Waals surface area contributed by atoms with Crippen LogP contribution >= 0.6 is 0 Å². The van der Waals surface area contributed by atoms with Crippen LogP contribution in [0.2, 0.25) is 0 Å². The molecule has 5 heteroatoms. The highest BCUT2D eigenvalue weighted by Crippen LogP contribution is 2.12. The largest absolute Gasteiger partial charge is 0.298 e. The molecule has 1 rings (SSSR count). The van der Waals surface area contributed by atoms with Crippen LogP contribution in [0.4, 0.5) is 4.39 Å². The minimum Gasteiger partial charge on any atom is -0.298 e. The van der Waals surface area contributed by atoms with Crippen molar-refractivity contribution in [2.75, 3.05) is 6.54 Å². The second-order valence-electron chi connectivity index (χ2n) is 2.68. The number of hydrogen-bond donors (Lipinski definition) is 0. The Labute approximate surface area is 85.7 Å². The summed E-state index contributed by atoms with van der Waals surface area (Å²) < 4.78 is 13.1. The molecule has 0 amide bonds. The van der Waals surface area contributed by atoms with Gasteiger partial charge in [-0.05, 0) is 17.2 Å². The SMILES string of the molecule is [N-]=[N+]=NCC=Cc1cccc(F)c1C=O. The van der Waals surface area contributed by atoms with E-state index in [1.807, 2.05) is 0 Å². The highest BCUT2D eigenvalue weighted by molar-refractivity contribution is 5.82. The van der Waals surface area contributed by atoms with Crippen molar-refractivity contribution in [3.05, 3.63) is 51.7 Å². The topological polar surface area (TPSA) is 65.8 Å². The number of rotatable bonds is 4. The van der Waals surface area contributed by atoms with Crippen LogP contribution in [-0.4, -0.2) is 12.8 Å².